The number of nitrogens with two attached hydrogens (primary N) is 2. The number of hydrogen-bond donors (Lipinski definition) is 3. The summed E-state index contributed by atoms with van der Waals surface area (Å²) < 4.78 is 16.0. The summed E-state index contributed by atoms with van der Waals surface area (Å²) in [7, 11) is 0. The fourth-order valence-corrected chi connectivity index (χ4v) is 4.05. The molecule has 0 radical (unpaired) electrons. The van der Waals surface area contributed by atoms with E-state index in [4.69, 9.17) is 37.4 Å². The lowest BCUT2D eigenvalue weighted by Crippen LogP contribution is -2.41. The van der Waals surface area contributed by atoms with Gasteiger partial charge in [0.2, 0.25) is 6.79 Å². The molecule has 4 rings (SSSR count). The number of carbonyl (C=O) groups excluding carboxylic acids is 2. The average molecular weight is 459 g/mol. The third-order valence-electron chi connectivity index (χ3n) is 5.56. The summed E-state index contributed by atoms with van der Waals surface area (Å²) in [5.74, 6) is 6.67. The lowest BCUT2D eigenvalue weighted by molar-refractivity contribution is -0.130. The van der Waals surface area contributed by atoms with E-state index in [0.29, 0.717) is 35.1 Å². The molecule has 2 aromatic rings. The van der Waals surface area contributed by atoms with Gasteiger partial charge in [-0.1, -0.05) is 11.6 Å². The number of anilines is 1. The van der Waals surface area contributed by atoms with Crippen LogP contribution in [0.1, 0.15) is 23.6 Å². The number of rotatable bonds is 7. The number of hydrogen-bond acceptors (Lipinski definition) is 8. The molecule has 5 N–H and O–H groups in total. The summed E-state index contributed by atoms with van der Waals surface area (Å²) in [6.45, 7) is 0.722. The molecule has 1 heterocycles. The van der Waals surface area contributed by atoms with Crippen LogP contribution in [0.4, 0.5) is 5.69 Å². The van der Waals surface area contributed by atoms with Crippen LogP contribution in [-0.2, 0) is 20.7 Å². The van der Waals surface area contributed by atoms with Crippen LogP contribution < -0.4 is 31.4 Å². The lowest BCUT2D eigenvalue weighted by Gasteiger charge is -2.34. The van der Waals surface area contributed by atoms with Crippen molar-refractivity contribution in [1.82, 2.24) is 5.32 Å². The molecule has 1 amide bonds. The molecule has 2 aliphatic rings. The monoisotopic (exact) mass is 458 g/mol. The van der Waals surface area contributed by atoms with Crippen LogP contribution in [0.15, 0.2) is 48.3 Å². The van der Waals surface area contributed by atoms with Gasteiger partial charge in [0.1, 0.15) is 5.70 Å². The van der Waals surface area contributed by atoms with Crippen molar-refractivity contribution in [2.75, 3.05) is 18.4 Å². The molecule has 2 atom stereocenters. The van der Waals surface area contributed by atoms with Crippen molar-refractivity contribution in [1.29, 1.82) is 0 Å². The number of benzene rings is 2. The smallest absolute Gasteiger partial charge is 0.293 e. The zero-order valence-corrected chi connectivity index (χ0v) is 17.9. The van der Waals surface area contributed by atoms with Gasteiger partial charge in [-0.15, -0.1) is 0 Å². The van der Waals surface area contributed by atoms with E-state index in [1.165, 1.54) is 11.2 Å². The second kappa shape index (κ2) is 9.37. The normalized spacial score (nSPS) is 19.1. The fraction of sp³-hybridized carbons (Fsp3) is 0.273. The van der Waals surface area contributed by atoms with E-state index in [-0.39, 0.29) is 25.0 Å². The van der Waals surface area contributed by atoms with Crippen LogP contribution in [-0.4, -0.2) is 25.8 Å². The van der Waals surface area contributed by atoms with Gasteiger partial charge in [-0.05, 0) is 60.4 Å². The molecule has 9 nitrogen and oxygen atoms in total. The first-order valence-corrected chi connectivity index (χ1v) is 10.4. The van der Waals surface area contributed by atoms with Crippen molar-refractivity contribution in [3.63, 3.8) is 0 Å². The number of nitrogens with zero attached hydrogens (tertiary/aromatic N) is 1. The van der Waals surface area contributed by atoms with Crippen LogP contribution in [0.25, 0.3) is 0 Å². The van der Waals surface area contributed by atoms with E-state index in [1.807, 2.05) is 12.1 Å². The van der Waals surface area contributed by atoms with Crippen molar-refractivity contribution < 1.29 is 23.8 Å². The van der Waals surface area contributed by atoms with Gasteiger partial charge in [0.05, 0.1) is 18.3 Å². The molecule has 0 bridgehead atoms. The van der Waals surface area contributed by atoms with E-state index in [1.54, 1.807) is 24.3 Å². The molecular formula is C22H23ClN4O5. The molecule has 2 unspecified atom stereocenters. The molecular weight excluding hydrogens is 436 g/mol. The Hall–Kier alpha value is -3.43. The minimum absolute atomic E-state index is 0.0784. The summed E-state index contributed by atoms with van der Waals surface area (Å²) in [5, 5.41) is 4.77. The number of aryl methyl sites for hydroxylation is 1. The second-order valence-corrected chi connectivity index (χ2v) is 7.99. The molecule has 0 spiro atoms. The van der Waals surface area contributed by atoms with Gasteiger partial charge in [-0.25, -0.2) is 5.84 Å². The topological polar surface area (TPSA) is 129 Å². The van der Waals surface area contributed by atoms with Crippen LogP contribution in [0.3, 0.4) is 0 Å². The number of amides is 1. The minimum Gasteiger partial charge on any atom is -0.468 e. The number of hydrazine groups is 1. The molecule has 0 fully saturated rings. The molecule has 1 aliphatic heterocycles. The zero-order chi connectivity index (χ0) is 22.7. The Morgan fingerprint density at radius 1 is 1.25 bits per heavy atom. The molecule has 0 saturated carbocycles. The molecule has 168 valence electrons. The van der Waals surface area contributed by atoms with E-state index in [2.05, 4.69) is 5.32 Å². The van der Waals surface area contributed by atoms with Crippen LogP contribution in [0, 0.1) is 5.92 Å². The summed E-state index contributed by atoms with van der Waals surface area (Å²) in [5.41, 5.74) is 8.47. The Bertz CT molecular complexity index is 1040. The Balaban J connectivity index is 1.56. The van der Waals surface area contributed by atoms with Gasteiger partial charge in [0.25, 0.3) is 12.4 Å². The Morgan fingerprint density at radius 2 is 1.97 bits per heavy atom. The maximum absolute atomic E-state index is 12.9. The highest BCUT2D eigenvalue weighted by Crippen LogP contribution is 2.42. The molecule has 2 aromatic carbocycles. The fourth-order valence-electron chi connectivity index (χ4n) is 3.93. The van der Waals surface area contributed by atoms with Gasteiger partial charge < -0.3 is 25.3 Å². The molecule has 0 aromatic heterocycles. The summed E-state index contributed by atoms with van der Waals surface area (Å²) >= 11 is 5.90. The summed E-state index contributed by atoms with van der Waals surface area (Å²) in [4.78, 5) is 23.7. The maximum Gasteiger partial charge on any atom is 0.293 e. The highest BCUT2D eigenvalue weighted by Gasteiger charge is 2.34. The molecule has 0 saturated heterocycles. The van der Waals surface area contributed by atoms with Crippen LogP contribution in [0.2, 0.25) is 5.02 Å². The maximum atomic E-state index is 12.9. The molecule has 32 heavy (non-hydrogen) atoms. The highest BCUT2D eigenvalue weighted by molar-refractivity contribution is 6.30. The third-order valence-corrected chi connectivity index (χ3v) is 5.81. The van der Waals surface area contributed by atoms with Crippen molar-refractivity contribution >= 4 is 29.7 Å². The first kappa shape index (κ1) is 21.8. The SMILES string of the molecule is N/C(=C\N(N)c1ccc(Cl)cc1)C(=O)NC1c2cc3c(cc2CCC1COC=O)OCO3. The van der Waals surface area contributed by atoms with Gasteiger partial charge in [0, 0.05) is 17.1 Å². The quantitative estimate of drug-likeness (QED) is 0.249. The number of nitrogens with one attached hydrogen (secondary N) is 1. The van der Waals surface area contributed by atoms with Crippen LogP contribution >= 0.6 is 11.6 Å². The summed E-state index contributed by atoms with van der Waals surface area (Å²) in [6.07, 6.45) is 2.80. The van der Waals surface area contributed by atoms with Crippen LogP contribution in [0.5, 0.6) is 11.5 Å². The average Bonchev–Trinajstić information content (AvgIpc) is 3.25. The Labute approximate surface area is 189 Å². The van der Waals surface area contributed by atoms with E-state index in [9.17, 15) is 9.59 Å². The first-order valence-electron chi connectivity index (χ1n) is 10.0. The first-order chi connectivity index (χ1) is 15.5. The van der Waals surface area contributed by atoms with E-state index in [0.717, 1.165) is 17.5 Å². The predicted octanol–water partition coefficient (Wildman–Crippen LogP) is 2.14. The minimum atomic E-state index is -0.499. The highest BCUT2D eigenvalue weighted by atomic mass is 35.5. The zero-order valence-electron chi connectivity index (χ0n) is 17.1. The standard InChI is InChI=1S/C22H23ClN4O5/c23-15-3-5-16(6-4-15)27(25)9-18(24)22(29)26-21-14(10-30-11-28)2-1-13-7-19-20(8-17(13)21)32-12-31-19/h3-9,11,14,21H,1-2,10,12,24-25H2,(H,26,29)/b18-9-. The number of halogens is 1. The van der Waals surface area contributed by atoms with Crippen molar-refractivity contribution in [2.45, 2.75) is 18.9 Å². The van der Waals surface area contributed by atoms with Crippen molar-refractivity contribution in [3.05, 3.63) is 64.4 Å². The summed E-state index contributed by atoms with van der Waals surface area (Å²) in [6, 6.07) is 10.1. The Morgan fingerprint density at radius 3 is 2.69 bits per heavy atom. The van der Waals surface area contributed by atoms with E-state index < -0.39 is 11.9 Å². The number of fused-ring (bicyclic) bond motifs is 2. The van der Waals surface area contributed by atoms with Gasteiger partial charge in [-0.2, -0.15) is 0 Å². The van der Waals surface area contributed by atoms with Crippen molar-refractivity contribution in [3.8, 4) is 11.5 Å². The van der Waals surface area contributed by atoms with Gasteiger partial charge in [-0.3, -0.25) is 14.6 Å². The van der Waals surface area contributed by atoms with E-state index >= 15 is 0 Å². The van der Waals surface area contributed by atoms with Crippen molar-refractivity contribution in [2.24, 2.45) is 17.5 Å². The van der Waals surface area contributed by atoms with Gasteiger partial charge >= 0.3 is 0 Å². The predicted molar refractivity (Wildman–Crippen MR) is 118 cm³/mol. The van der Waals surface area contributed by atoms with Gasteiger partial charge in [0.15, 0.2) is 11.5 Å². The lowest BCUT2D eigenvalue weighted by atomic mass is 9.79. The second-order valence-electron chi connectivity index (χ2n) is 7.55. The largest absolute Gasteiger partial charge is 0.468 e. The molecule has 1 aliphatic carbocycles. The third kappa shape index (κ3) is 4.58. The number of carbonyl (C=O) groups is 2. The number of ether oxygens (including phenoxy) is 3. The Kier molecular flexibility index (Phi) is 6.38. The molecule has 10 heteroatoms.